The van der Waals surface area contributed by atoms with Gasteiger partial charge in [-0.3, -0.25) is 19.8 Å². The van der Waals surface area contributed by atoms with Crippen LogP contribution in [0.15, 0.2) is 83.4 Å². The van der Waals surface area contributed by atoms with Crippen LogP contribution in [0.2, 0.25) is 5.02 Å². The molecule has 4 aliphatic heterocycles. The van der Waals surface area contributed by atoms with E-state index in [9.17, 15) is 23.3 Å². The quantitative estimate of drug-likeness (QED) is 0.0891. The van der Waals surface area contributed by atoms with E-state index in [1.165, 1.54) is 22.8 Å². The fraction of sp³-hybridized carbons (Fsp3) is 0.429. The predicted octanol–water partition coefficient (Wildman–Crippen LogP) is 8.97. The van der Waals surface area contributed by atoms with Gasteiger partial charge >= 0.3 is 0 Å². The lowest BCUT2D eigenvalue weighted by atomic mass is 9.72. The smallest absolute Gasteiger partial charge is 0.297 e. The maximum atomic E-state index is 14.5. The molecule has 68 heavy (non-hydrogen) atoms. The number of nitrogens with one attached hydrogen (secondary N) is 3. The molecular formula is C49H56Cl2N8O8S. The third-order valence-corrected chi connectivity index (χ3v) is 15.5. The minimum absolute atomic E-state index is 0. The summed E-state index contributed by atoms with van der Waals surface area (Å²) < 4.78 is 48.3. The number of sulfonamides is 1. The van der Waals surface area contributed by atoms with Crippen LogP contribution in [-0.4, -0.2) is 105 Å². The summed E-state index contributed by atoms with van der Waals surface area (Å²) in [6.45, 7) is 12.3. The number of amides is 1. The number of nitrogens with zero attached hydrogens (tertiary/aromatic N) is 5. The van der Waals surface area contributed by atoms with E-state index in [0.29, 0.717) is 42.7 Å². The van der Waals surface area contributed by atoms with E-state index in [1.807, 2.05) is 48.2 Å². The van der Waals surface area contributed by atoms with Gasteiger partial charge in [-0.2, -0.15) is 4.98 Å². The average Bonchev–Trinajstić information content (AvgIpc) is 3.78. The molecule has 0 spiro atoms. The minimum atomic E-state index is -4.66. The minimum Gasteiger partial charge on any atom is -0.489 e. The molecule has 0 bridgehead atoms. The number of carbonyl (C=O) groups excluding carboxylic acids is 1. The number of H-pyrrole nitrogens is 1. The lowest BCUT2D eigenvalue weighted by Crippen LogP contribution is -2.47. The highest BCUT2D eigenvalue weighted by Gasteiger charge is 2.37. The van der Waals surface area contributed by atoms with E-state index in [-0.39, 0.29) is 59.5 Å². The Hall–Kier alpha value is -5.59. The van der Waals surface area contributed by atoms with Crippen molar-refractivity contribution < 1.29 is 32.3 Å². The number of piperazine rings is 1. The number of fused-ring (bicyclic) bond motifs is 3. The van der Waals surface area contributed by atoms with Gasteiger partial charge in [-0.15, -0.1) is 12.4 Å². The summed E-state index contributed by atoms with van der Waals surface area (Å²) in [4.78, 5) is 40.5. The van der Waals surface area contributed by atoms with Gasteiger partial charge in [0.15, 0.2) is 11.4 Å². The molecule has 6 heterocycles. The van der Waals surface area contributed by atoms with Gasteiger partial charge in [-0.25, -0.2) is 13.1 Å². The van der Waals surface area contributed by atoms with Crippen molar-refractivity contribution in [2.24, 2.45) is 11.3 Å². The van der Waals surface area contributed by atoms with Gasteiger partial charge in [0.2, 0.25) is 5.88 Å². The van der Waals surface area contributed by atoms with E-state index in [2.05, 4.69) is 50.8 Å². The molecule has 0 unspecified atom stereocenters. The van der Waals surface area contributed by atoms with Gasteiger partial charge in [0, 0.05) is 80.4 Å². The van der Waals surface area contributed by atoms with Crippen molar-refractivity contribution in [3.8, 4) is 11.6 Å². The molecule has 16 nitrogen and oxygen atoms in total. The number of nitro groups is 1. The molecule has 2 aromatic heterocycles. The second-order valence-corrected chi connectivity index (χ2v) is 21.3. The Morgan fingerprint density at radius 1 is 1.01 bits per heavy atom. The summed E-state index contributed by atoms with van der Waals surface area (Å²) in [7, 11) is -4.66. The number of carbonyl (C=O) groups is 1. The highest BCUT2D eigenvalue weighted by Crippen LogP contribution is 2.45. The number of allylic oxidation sites excluding steroid dienone is 1. The van der Waals surface area contributed by atoms with Crippen molar-refractivity contribution >= 4 is 85.0 Å². The maximum Gasteiger partial charge on any atom is 0.297 e. The fourth-order valence-corrected chi connectivity index (χ4v) is 11.4. The van der Waals surface area contributed by atoms with Crippen molar-refractivity contribution in [1.82, 2.24) is 19.6 Å². The van der Waals surface area contributed by atoms with Crippen molar-refractivity contribution in [2.45, 2.75) is 69.9 Å². The number of rotatable bonds is 10. The summed E-state index contributed by atoms with van der Waals surface area (Å²) >= 11 is 6.28. The molecule has 5 aliphatic rings. The number of benzene rings is 3. The Bertz CT molecular complexity index is 2880. The first kappa shape index (κ1) is 47.5. The Morgan fingerprint density at radius 2 is 1.78 bits per heavy atom. The molecule has 360 valence electrons. The first-order valence-electron chi connectivity index (χ1n) is 23.1. The van der Waals surface area contributed by atoms with E-state index < -0.39 is 31.4 Å². The van der Waals surface area contributed by atoms with Gasteiger partial charge in [0.25, 0.3) is 21.6 Å². The molecule has 10 rings (SSSR count). The summed E-state index contributed by atoms with van der Waals surface area (Å²) in [6, 6.07) is 19.5. The van der Waals surface area contributed by atoms with E-state index in [1.54, 1.807) is 12.3 Å². The lowest BCUT2D eigenvalue weighted by Gasteiger charge is -2.40. The summed E-state index contributed by atoms with van der Waals surface area (Å²) in [6.07, 6.45) is 6.19. The number of hydrogen-bond donors (Lipinski definition) is 3. The van der Waals surface area contributed by atoms with Crippen LogP contribution < -0.4 is 29.3 Å². The molecule has 2 atom stereocenters. The van der Waals surface area contributed by atoms with Crippen LogP contribution in [0.25, 0.3) is 16.6 Å². The molecule has 3 N–H and O–H groups in total. The Balaban J connectivity index is 0.00000578. The first-order chi connectivity index (χ1) is 32.2. The Morgan fingerprint density at radius 3 is 2.53 bits per heavy atom. The number of aromatic nitrogens is 2. The molecule has 0 radical (unpaired) electrons. The normalized spacial score (nSPS) is 20.9. The van der Waals surface area contributed by atoms with Gasteiger partial charge in [0.05, 0.1) is 33.7 Å². The SMILES string of the molecule is C[C@@H]1CN(c2cc(N3CCN(CC4=C(c5ccc(Cl)cc5)CC(C)(C)CC4)CC3)ccc2C(=O)NS(=O)(=O)c2cc3c(c([N+](=O)[O-])c2)N[C@@H](C2CCOCC2)CO3)c2cc3cc[nH]c3nc2O1.Cl. The van der Waals surface area contributed by atoms with Crippen LogP contribution in [0.5, 0.6) is 11.6 Å². The van der Waals surface area contributed by atoms with Crippen LogP contribution in [0.4, 0.5) is 28.4 Å². The Labute approximate surface area is 407 Å². The average molecular weight is 988 g/mol. The number of hydrogen-bond acceptors (Lipinski definition) is 13. The highest BCUT2D eigenvalue weighted by molar-refractivity contribution is 7.90. The standard InChI is InChI=1S/C49H55ClN8O8S.ClH/c1-30-27-57(43-22-33-11-15-51-46(33)53-48(43)66-30)41-23-36(56-18-16-55(17-19-56)28-34-10-14-49(2,3)26-39(34)31-4-6-35(50)7-5-31)8-9-38(41)47(59)54-67(62,63)37-24-42(58(60)61)45-44(25-37)65-29-40(52-45)32-12-20-64-21-13-32;/h4-9,11,15,22-25,30,32,40,52H,10,12-14,16-21,26-29H2,1-3H3,(H,51,53)(H,54,59);1H/t30-,40-;/m1./s1. The maximum absolute atomic E-state index is 14.5. The van der Waals surface area contributed by atoms with E-state index >= 15 is 0 Å². The molecule has 1 aliphatic carbocycles. The molecule has 2 saturated heterocycles. The van der Waals surface area contributed by atoms with Gasteiger partial charge in [-0.1, -0.05) is 43.2 Å². The van der Waals surface area contributed by atoms with Crippen molar-refractivity contribution in [2.75, 3.05) is 74.2 Å². The van der Waals surface area contributed by atoms with Crippen LogP contribution in [0.1, 0.15) is 68.8 Å². The molecule has 2 fully saturated rings. The van der Waals surface area contributed by atoms with Crippen LogP contribution >= 0.6 is 24.0 Å². The van der Waals surface area contributed by atoms with Gasteiger partial charge in [-0.05, 0) is 104 Å². The second-order valence-electron chi connectivity index (χ2n) is 19.2. The summed E-state index contributed by atoms with van der Waals surface area (Å²) in [5, 5.41) is 17.2. The number of anilines is 4. The molecule has 3 aromatic carbocycles. The number of nitro benzene ring substituents is 1. The number of pyridine rings is 1. The fourth-order valence-electron chi connectivity index (χ4n) is 10.2. The second kappa shape index (κ2) is 19.1. The first-order valence-corrected chi connectivity index (χ1v) is 24.9. The zero-order chi connectivity index (χ0) is 46.6. The molecule has 1 amide bonds. The number of ether oxygens (including phenoxy) is 3. The summed E-state index contributed by atoms with van der Waals surface area (Å²) in [5.41, 5.74) is 6.68. The number of aromatic amines is 1. The van der Waals surface area contributed by atoms with E-state index in [4.69, 9.17) is 30.8 Å². The third kappa shape index (κ3) is 9.68. The van der Waals surface area contributed by atoms with Crippen LogP contribution in [-0.2, 0) is 14.8 Å². The van der Waals surface area contributed by atoms with Crippen molar-refractivity contribution in [1.29, 1.82) is 0 Å². The summed E-state index contributed by atoms with van der Waals surface area (Å²) in [5.74, 6) is -0.326. The van der Waals surface area contributed by atoms with Gasteiger partial charge in [0.1, 0.15) is 24.0 Å². The van der Waals surface area contributed by atoms with Crippen LogP contribution in [0, 0.1) is 21.4 Å². The Kier molecular flexibility index (Phi) is 13.3. The monoisotopic (exact) mass is 986 g/mol. The zero-order valence-corrected chi connectivity index (χ0v) is 40.6. The predicted molar refractivity (Wildman–Crippen MR) is 266 cm³/mol. The molecule has 0 saturated carbocycles. The highest BCUT2D eigenvalue weighted by atomic mass is 35.5. The lowest BCUT2D eigenvalue weighted by molar-refractivity contribution is -0.384. The third-order valence-electron chi connectivity index (χ3n) is 13.9. The van der Waals surface area contributed by atoms with Crippen molar-refractivity contribution in [3.63, 3.8) is 0 Å². The number of halogens is 2. The zero-order valence-electron chi connectivity index (χ0n) is 38.3. The van der Waals surface area contributed by atoms with Crippen molar-refractivity contribution in [3.05, 3.63) is 105 Å². The molecular weight excluding hydrogens is 932 g/mol. The van der Waals surface area contributed by atoms with E-state index in [0.717, 1.165) is 87.0 Å². The van der Waals surface area contributed by atoms with Gasteiger partial charge < -0.3 is 34.3 Å². The topological polar surface area (TPSA) is 184 Å². The van der Waals surface area contributed by atoms with Crippen LogP contribution in [0.3, 0.4) is 0 Å². The molecule has 19 heteroatoms. The molecule has 5 aromatic rings. The largest absolute Gasteiger partial charge is 0.489 e.